The fourth-order valence-electron chi connectivity index (χ4n) is 1.71. The highest BCUT2D eigenvalue weighted by molar-refractivity contribution is 5.91. The maximum atomic E-state index is 11.4. The van der Waals surface area contributed by atoms with Crippen molar-refractivity contribution in [1.82, 2.24) is 0 Å². The van der Waals surface area contributed by atoms with Crippen LogP contribution in [0.1, 0.15) is 46.1 Å². The number of hydrogen-bond acceptors (Lipinski definition) is 2. The first kappa shape index (κ1) is 15.5. The van der Waals surface area contributed by atoms with Crippen molar-refractivity contribution >= 4 is 17.3 Å². The van der Waals surface area contributed by atoms with Gasteiger partial charge < -0.3 is 10.6 Å². The molecule has 0 fully saturated rings. The molecule has 0 heterocycles. The smallest absolute Gasteiger partial charge is 0.224 e. The number of aryl methyl sites for hydroxylation is 1. The molecule has 3 nitrogen and oxygen atoms in total. The summed E-state index contributed by atoms with van der Waals surface area (Å²) in [5, 5.41) is 6.34. The topological polar surface area (TPSA) is 41.1 Å². The molecular weight excluding hydrogens is 236 g/mol. The maximum Gasteiger partial charge on any atom is 0.224 e. The summed E-state index contributed by atoms with van der Waals surface area (Å²) in [6, 6.07) is 5.98. The zero-order valence-corrected chi connectivity index (χ0v) is 12.8. The van der Waals surface area contributed by atoms with E-state index in [1.54, 1.807) is 0 Å². The van der Waals surface area contributed by atoms with E-state index < -0.39 is 0 Å². The van der Waals surface area contributed by atoms with Crippen LogP contribution in [-0.2, 0) is 4.79 Å². The molecule has 1 amide bonds. The molecular formula is C16H26N2O. The summed E-state index contributed by atoms with van der Waals surface area (Å²) in [5.41, 5.74) is 3.48. The van der Waals surface area contributed by atoms with Crippen LogP contribution < -0.4 is 10.6 Å². The first-order chi connectivity index (χ1) is 8.81. The molecule has 0 atom stereocenters. The van der Waals surface area contributed by atoms with Crippen molar-refractivity contribution in [3.05, 3.63) is 23.8 Å². The molecule has 0 bridgehead atoms. The van der Waals surface area contributed by atoms with Gasteiger partial charge in [0, 0.05) is 24.3 Å². The van der Waals surface area contributed by atoms with Crippen LogP contribution in [0, 0.1) is 12.3 Å². The van der Waals surface area contributed by atoms with Crippen molar-refractivity contribution in [3.8, 4) is 0 Å². The fourth-order valence-corrected chi connectivity index (χ4v) is 1.71. The first-order valence-corrected chi connectivity index (χ1v) is 6.96. The van der Waals surface area contributed by atoms with E-state index in [1.807, 2.05) is 25.1 Å². The second-order valence-electron chi connectivity index (χ2n) is 6.17. The van der Waals surface area contributed by atoms with E-state index in [0.29, 0.717) is 11.8 Å². The highest BCUT2D eigenvalue weighted by atomic mass is 16.1. The number of carbonyl (C=O) groups excluding carboxylic acids is 1. The summed E-state index contributed by atoms with van der Waals surface area (Å²) in [6.07, 6.45) is 1.61. The van der Waals surface area contributed by atoms with Crippen molar-refractivity contribution in [3.63, 3.8) is 0 Å². The fraction of sp³-hybridized carbons (Fsp3) is 0.562. The number of anilines is 2. The average molecular weight is 262 g/mol. The standard InChI is InChI=1S/C16H26N2O/c1-6-15(19)18-13-8-7-12(2)14(11-13)17-10-9-16(3,4)5/h7-8,11,17H,6,9-10H2,1-5H3,(H,18,19). The number of nitrogens with one attached hydrogen (secondary N) is 2. The Bertz CT molecular complexity index is 433. The molecule has 0 aliphatic carbocycles. The molecule has 0 aliphatic heterocycles. The van der Waals surface area contributed by atoms with Gasteiger partial charge in [-0.15, -0.1) is 0 Å². The minimum atomic E-state index is 0.0458. The van der Waals surface area contributed by atoms with Crippen LogP contribution in [0.3, 0.4) is 0 Å². The Morgan fingerprint density at radius 3 is 2.53 bits per heavy atom. The largest absolute Gasteiger partial charge is 0.385 e. The predicted octanol–water partition coefficient (Wildman–Crippen LogP) is 4.19. The minimum Gasteiger partial charge on any atom is -0.385 e. The van der Waals surface area contributed by atoms with Gasteiger partial charge in [-0.25, -0.2) is 0 Å². The van der Waals surface area contributed by atoms with Crippen LogP contribution in [0.5, 0.6) is 0 Å². The van der Waals surface area contributed by atoms with Crippen molar-refractivity contribution in [1.29, 1.82) is 0 Å². The quantitative estimate of drug-likeness (QED) is 0.835. The summed E-state index contributed by atoms with van der Waals surface area (Å²) in [7, 11) is 0. The van der Waals surface area contributed by atoms with Gasteiger partial charge in [-0.2, -0.15) is 0 Å². The second-order valence-corrected chi connectivity index (χ2v) is 6.17. The van der Waals surface area contributed by atoms with Crippen LogP contribution in [0.2, 0.25) is 0 Å². The Labute approximate surface area is 116 Å². The van der Waals surface area contributed by atoms with Crippen molar-refractivity contribution in [2.24, 2.45) is 5.41 Å². The van der Waals surface area contributed by atoms with Gasteiger partial charge in [-0.05, 0) is 36.5 Å². The monoisotopic (exact) mass is 262 g/mol. The van der Waals surface area contributed by atoms with E-state index in [0.717, 1.165) is 24.3 Å². The summed E-state index contributed by atoms with van der Waals surface area (Å²) >= 11 is 0. The van der Waals surface area contributed by atoms with Gasteiger partial charge in [0.05, 0.1) is 0 Å². The number of rotatable bonds is 5. The van der Waals surface area contributed by atoms with Gasteiger partial charge >= 0.3 is 0 Å². The molecule has 0 aromatic heterocycles. The third-order valence-corrected chi connectivity index (χ3v) is 3.03. The Balaban J connectivity index is 2.66. The van der Waals surface area contributed by atoms with Crippen molar-refractivity contribution in [2.75, 3.05) is 17.2 Å². The molecule has 3 heteroatoms. The van der Waals surface area contributed by atoms with Gasteiger partial charge in [-0.1, -0.05) is 33.8 Å². The third kappa shape index (κ3) is 5.77. The van der Waals surface area contributed by atoms with Gasteiger partial charge in [0.25, 0.3) is 0 Å². The molecule has 0 spiro atoms. The molecule has 19 heavy (non-hydrogen) atoms. The van der Waals surface area contributed by atoms with E-state index >= 15 is 0 Å². The predicted molar refractivity (Wildman–Crippen MR) is 82.7 cm³/mol. The Morgan fingerprint density at radius 2 is 1.95 bits per heavy atom. The van der Waals surface area contributed by atoms with Crippen LogP contribution in [0.4, 0.5) is 11.4 Å². The number of hydrogen-bond donors (Lipinski definition) is 2. The van der Waals surface area contributed by atoms with Gasteiger partial charge in [-0.3, -0.25) is 4.79 Å². The van der Waals surface area contributed by atoms with E-state index in [1.165, 1.54) is 5.56 Å². The van der Waals surface area contributed by atoms with Crippen molar-refractivity contribution in [2.45, 2.75) is 47.5 Å². The molecule has 2 N–H and O–H groups in total. The lowest BCUT2D eigenvalue weighted by Gasteiger charge is -2.19. The SMILES string of the molecule is CCC(=O)Nc1ccc(C)c(NCCC(C)(C)C)c1. The van der Waals surface area contributed by atoms with Gasteiger partial charge in [0.15, 0.2) is 0 Å². The molecule has 0 saturated carbocycles. The molecule has 0 aliphatic rings. The summed E-state index contributed by atoms with van der Waals surface area (Å²) in [6.45, 7) is 11.6. The summed E-state index contributed by atoms with van der Waals surface area (Å²) in [4.78, 5) is 11.4. The van der Waals surface area contributed by atoms with Crippen LogP contribution in [0.15, 0.2) is 18.2 Å². The molecule has 0 radical (unpaired) electrons. The van der Waals surface area contributed by atoms with E-state index in [4.69, 9.17) is 0 Å². The van der Waals surface area contributed by atoms with Crippen LogP contribution in [-0.4, -0.2) is 12.5 Å². The number of carbonyl (C=O) groups is 1. The minimum absolute atomic E-state index is 0.0458. The normalized spacial score (nSPS) is 11.2. The Kier molecular flexibility index (Phi) is 5.40. The molecule has 1 rings (SSSR count). The number of benzene rings is 1. The van der Waals surface area contributed by atoms with E-state index in [2.05, 4.69) is 38.3 Å². The zero-order valence-electron chi connectivity index (χ0n) is 12.8. The third-order valence-electron chi connectivity index (χ3n) is 3.03. The van der Waals surface area contributed by atoms with Crippen LogP contribution >= 0.6 is 0 Å². The zero-order chi connectivity index (χ0) is 14.5. The molecule has 0 unspecified atom stereocenters. The molecule has 106 valence electrons. The van der Waals surface area contributed by atoms with Gasteiger partial charge in [0.1, 0.15) is 0 Å². The number of amides is 1. The Hall–Kier alpha value is -1.51. The molecule has 1 aromatic carbocycles. The highest BCUT2D eigenvalue weighted by Gasteiger charge is 2.09. The molecule has 1 aromatic rings. The summed E-state index contributed by atoms with van der Waals surface area (Å²) < 4.78 is 0. The van der Waals surface area contributed by atoms with Gasteiger partial charge in [0.2, 0.25) is 5.91 Å². The maximum absolute atomic E-state index is 11.4. The lowest BCUT2D eigenvalue weighted by atomic mass is 9.92. The first-order valence-electron chi connectivity index (χ1n) is 6.96. The van der Waals surface area contributed by atoms with E-state index in [-0.39, 0.29) is 5.91 Å². The highest BCUT2D eigenvalue weighted by Crippen LogP contribution is 2.22. The lowest BCUT2D eigenvalue weighted by Crippen LogP contribution is -2.14. The lowest BCUT2D eigenvalue weighted by molar-refractivity contribution is -0.115. The van der Waals surface area contributed by atoms with E-state index in [9.17, 15) is 4.79 Å². The second kappa shape index (κ2) is 6.60. The summed E-state index contributed by atoms with van der Waals surface area (Å²) in [5.74, 6) is 0.0458. The Morgan fingerprint density at radius 1 is 1.26 bits per heavy atom. The average Bonchev–Trinajstić information content (AvgIpc) is 2.31. The molecule has 0 saturated heterocycles. The van der Waals surface area contributed by atoms with Crippen molar-refractivity contribution < 1.29 is 4.79 Å². The van der Waals surface area contributed by atoms with Crippen LogP contribution in [0.25, 0.3) is 0 Å².